The van der Waals surface area contributed by atoms with Gasteiger partial charge in [0.05, 0.1) is 29.5 Å². The van der Waals surface area contributed by atoms with Gasteiger partial charge in [0.15, 0.2) is 17.2 Å². The number of nitrogens with one attached hydrogen (secondary N) is 1. The van der Waals surface area contributed by atoms with Crippen molar-refractivity contribution in [1.82, 2.24) is 5.43 Å². The topological polar surface area (TPSA) is 69.2 Å². The van der Waals surface area contributed by atoms with Crippen LogP contribution in [0.1, 0.15) is 41.8 Å². The normalized spacial score (nSPS) is 10.9. The van der Waals surface area contributed by atoms with Gasteiger partial charge in [-0.2, -0.15) is 5.10 Å². The molecular weight excluding hydrogens is 494 g/mol. The van der Waals surface area contributed by atoms with Crippen LogP contribution in [0.25, 0.3) is 0 Å². The van der Waals surface area contributed by atoms with E-state index in [1.54, 1.807) is 48.5 Å². The summed E-state index contributed by atoms with van der Waals surface area (Å²) >= 11 is 12.6. The van der Waals surface area contributed by atoms with Crippen molar-refractivity contribution in [3.05, 3.63) is 87.2 Å². The molecule has 1 N–H and O–H groups in total. The number of ether oxygens (including phenoxy) is 3. The first-order valence-electron chi connectivity index (χ1n) is 11.0. The maximum absolute atomic E-state index is 13.8. The third kappa shape index (κ3) is 7.34. The lowest BCUT2D eigenvalue weighted by molar-refractivity contribution is 0.0954. The molecule has 0 bridgehead atoms. The van der Waals surface area contributed by atoms with Gasteiger partial charge < -0.3 is 14.2 Å². The van der Waals surface area contributed by atoms with Gasteiger partial charge >= 0.3 is 0 Å². The third-order valence-electron chi connectivity index (χ3n) is 4.70. The fourth-order valence-electron chi connectivity index (χ4n) is 3.04. The first-order valence-corrected chi connectivity index (χ1v) is 11.8. The van der Waals surface area contributed by atoms with Crippen molar-refractivity contribution in [2.24, 2.45) is 5.10 Å². The molecule has 0 unspecified atom stereocenters. The number of hydrazone groups is 1. The van der Waals surface area contributed by atoms with Crippen molar-refractivity contribution < 1.29 is 23.4 Å². The van der Waals surface area contributed by atoms with Crippen LogP contribution in [-0.4, -0.2) is 25.3 Å². The van der Waals surface area contributed by atoms with E-state index < -0.39 is 5.91 Å². The van der Waals surface area contributed by atoms with E-state index in [0.29, 0.717) is 41.4 Å². The Kier molecular flexibility index (Phi) is 9.76. The molecule has 0 radical (unpaired) electrons. The number of carbonyl (C=O) groups is 1. The summed E-state index contributed by atoms with van der Waals surface area (Å²) in [4.78, 5) is 12.5. The average Bonchev–Trinajstić information content (AvgIpc) is 2.84. The molecule has 0 atom stereocenters. The second-order valence-electron chi connectivity index (χ2n) is 7.34. The van der Waals surface area contributed by atoms with Crippen LogP contribution in [0.2, 0.25) is 10.0 Å². The van der Waals surface area contributed by atoms with E-state index >= 15 is 0 Å². The van der Waals surface area contributed by atoms with Crippen LogP contribution in [0.15, 0.2) is 59.7 Å². The minimum absolute atomic E-state index is 0.0262. The second kappa shape index (κ2) is 13.0. The van der Waals surface area contributed by atoms with E-state index in [9.17, 15) is 9.18 Å². The molecule has 0 spiro atoms. The summed E-state index contributed by atoms with van der Waals surface area (Å²) in [5.74, 6) is 0.492. The van der Waals surface area contributed by atoms with Crippen LogP contribution < -0.4 is 19.6 Å². The number of benzene rings is 3. The fourth-order valence-corrected chi connectivity index (χ4v) is 3.65. The Morgan fingerprint density at radius 1 is 1.00 bits per heavy atom. The number of hydrogen-bond acceptors (Lipinski definition) is 5. The summed E-state index contributed by atoms with van der Waals surface area (Å²) in [5.41, 5.74) is 3.74. The maximum atomic E-state index is 13.8. The Labute approximate surface area is 213 Å². The molecule has 0 aliphatic heterocycles. The standard InChI is InChI=1S/C26H25Cl2FN2O4/c1-3-11-34-23-10-9-18(14-24(23)33-4-2)26(32)31-30-15-17-12-20(27)25(21(28)13-17)35-16-19-7-5-6-8-22(19)29/h5-10,12-15H,3-4,11,16H2,1-2H3,(H,31,32)/b30-15+. The minimum Gasteiger partial charge on any atom is -0.490 e. The summed E-state index contributed by atoms with van der Waals surface area (Å²) < 4.78 is 30.7. The number of rotatable bonds is 11. The number of hydrogen-bond donors (Lipinski definition) is 1. The lowest BCUT2D eigenvalue weighted by Gasteiger charge is -2.12. The molecule has 184 valence electrons. The highest BCUT2D eigenvalue weighted by Gasteiger charge is 2.13. The van der Waals surface area contributed by atoms with Crippen LogP contribution in [-0.2, 0) is 6.61 Å². The molecule has 0 fully saturated rings. The largest absolute Gasteiger partial charge is 0.490 e. The maximum Gasteiger partial charge on any atom is 0.271 e. The second-order valence-corrected chi connectivity index (χ2v) is 8.15. The summed E-state index contributed by atoms with van der Waals surface area (Å²) in [6.07, 6.45) is 2.26. The lowest BCUT2D eigenvalue weighted by Crippen LogP contribution is -2.17. The highest BCUT2D eigenvalue weighted by Crippen LogP contribution is 2.34. The molecule has 1 amide bonds. The van der Waals surface area contributed by atoms with Gasteiger partial charge in [0.25, 0.3) is 5.91 Å². The minimum atomic E-state index is -0.425. The van der Waals surface area contributed by atoms with Crippen LogP contribution >= 0.6 is 23.2 Å². The molecule has 0 heterocycles. The van der Waals surface area contributed by atoms with Crippen LogP contribution in [0.3, 0.4) is 0 Å². The smallest absolute Gasteiger partial charge is 0.271 e. The highest BCUT2D eigenvalue weighted by molar-refractivity contribution is 6.37. The number of amides is 1. The summed E-state index contributed by atoms with van der Waals surface area (Å²) in [7, 11) is 0. The predicted molar refractivity (Wildman–Crippen MR) is 136 cm³/mol. The first-order chi connectivity index (χ1) is 16.9. The van der Waals surface area contributed by atoms with E-state index in [2.05, 4.69) is 10.5 Å². The number of nitrogens with zero attached hydrogens (tertiary/aromatic N) is 1. The molecule has 0 aliphatic carbocycles. The van der Waals surface area contributed by atoms with Gasteiger partial charge in [-0.1, -0.05) is 48.3 Å². The van der Waals surface area contributed by atoms with Crippen molar-refractivity contribution in [2.45, 2.75) is 26.9 Å². The van der Waals surface area contributed by atoms with E-state index in [4.69, 9.17) is 37.4 Å². The molecule has 3 aromatic carbocycles. The van der Waals surface area contributed by atoms with Gasteiger partial charge in [-0.05, 0) is 55.3 Å². The number of carbonyl (C=O) groups excluding carboxylic acids is 1. The predicted octanol–water partition coefficient (Wildman–Crippen LogP) is 6.66. The molecule has 3 aromatic rings. The number of halogens is 3. The average molecular weight is 519 g/mol. The van der Waals surface area contributed by atoms with E-state index in [1.165, 1.54) is 12.3 Å². The van der Waals surface area contributed by atoms with E-state index in [1.807, 2.05) is 13.8 Å². The third-order valence-corrected chi connectivity index (χ3v) is 5.26. The Hall–Kier alpha value is -3.29. The van der Waals surface area contributed by atoms with Gasteiger partial charge in [0.1, 0.15) is 12.4 Å². The van der Waals surface area contributed by atoms with Crippen LogP contribution in [0, 0.1) is 5.82 Å². The fraction of sp³-hybridized carbons (Fsp3) is 0.231. The van der Waals surface area contributed by atoms with Crippen LogP contribution in [0.5, 0.6) is 17.2 Å². The zero-order valence-corrected chi connectivity index (χ0v) is 20.8. The Bertz CT molecular complexity index is 1180. The molecule has 6 nitrogen and oxygen atoms in total. The van der Waals surface area contributed by atoms with Crippen LogP contribution in [0.4, 0.5) is 4.39 Å². The molecule has 0 aliphatic rings. The molecule has 0 saturated heterocycles. The van der Waals surface area contributed by atoms with Gasteiger partial charge in [-0.25, -0.2) is 9.82 Å². The van der Waals surface area contributed by atoms with Crippen molar-refractivity contribution >= 4 is 35.3 Å². The van der Waals surface area contributed by atoms with Gasteiger partial charge in [-0.15, -0.1) is 0 Å². The molecular formula is C26H25Cl2FN2O4. The summed E-state index contributed by atoms with van der Waals surface area (Å²) in [6.45, 7) is 4.82. The Morgan fingerprint density at radius 3 is 2.43 bits per heavy atom. The van der Waals surface area contributed by atoms with E-state index in [0.717, 1.165) is 6.42 Å². The van der Waals surface area contributed by atoms with Crippen molar-refractivity contribution in [3.63, 3.8) is 0 Å². The molecule has 0 saturated carbocycles. The Balaban J connectivity index is 1.65. The summed E-state index contributed by atoms with van der Waals surface area (Å²) in [6, 6.07) is 14.4. The SMILES string of the molecule is CCCOc1ccc(C(=O)N/N=C/c2cc(Cl)c(OCc3ccccc3F)c(Cl)c2)cc1OCC. The Morgan fingerprint density at radius 2 is 1.74 bits per heavy atom. The van der Waals surface area contributed by atoms with Gasteiger partial charge in [0, 0.05) is 11.1 Å². The molecule has 3 rings (SSSR count). The monoisotopic (exact) mass is 518 g/mol. The molecule has 35 heavy (non-hydrogen) atoms. The van der Waals surface area contributed by atoms with E-state index in [-0.39, 0.29) is 28.2 Å². The zero-order valence-electron chi connectivity index (χ0n) is 19.3. The van der Waals surface area contributed by atoms with Gasteiger partial charge in [-0.3, -0.25) is 4.79 Å². The van der Waals surface area contributed by atoms with Gasteiger partial charge in [0.2, 0.25) is 0 Å². The highest BCUT2D eigenvalue weighted by atomic mass is 35.5. The summed E-state index contributed by atoms with van der Waals surface area (Å²) in [5, 5.41) is 4.43. The van der Waals surface area contributed by atoms with Crippen molar-refractivity contribution in [1.29, 1.82) is 0 Å². The van der Waals surface area contributed by atoms with Crippen molar-refractivity contribution in [2.75, 3.05) is 13.2 Å². The quantitative estimate of drug-likeness (QED) is 0.227. The molecule has 9 heteroatoms. The molecule has 0 aromatic heterocycles. The zero-order chi connectivity index (χ0) is 25.2. The lowest BCUT2D eigenvalue weighted by atomic mass is 10.2. The first kappa shape index (κ1) is 26.3. The van der Waals surface area contributed by atoms with Crippen molar-refractivity contribution in [3.8, 4) is 17.2 Å².